The number of nitrogens with one attached hydrogen (secondary N) is 3. The predicted molar refractivity (Wildman–Crippen MR) is 153 cm³/mol. The third-order valence-corrected chi connectivity index (χ3v) is 7.55. The van der Waals surface area contributed by atoms with Crippen molar-refractivity contribution in [3.05, 3.63) is 53.6 Å². The Morgan fingerprint density at radius 1 is 1.00 bits per heavy atom. The number of alkyl halides is 3. The number of amides is 3. The lowest BCUT2D eigenvalue weighted by molar-refractivity contribution is -0.274. The molecule has 2 aromatic rings. The van der Waals surface area contributed by atoms with Crippen LogP contribution in [0.25, 0.3) is 0 Å². The van der Waals surface area contributed by atoms with Gasteiger partial charge in [-0.3, -0.25) is 9.59 Å². The third-order valence-electron chi connectivity index (χ3n) is 7.55. The first-order valence-electron chi connectivity index (χ1n) is 13.9. The molecule has 0 saturated heterocycles. The molecule has 0 atom stereocenters. The summed E-state index contributed by atoms with van der Waals surface area (Å²) in [7, 11) is 1.56. The molecular weight excluding hydrogens is 553 g/mol. The fourth-order valence-corrected chi connectivity index (χ4v) is 5.14. The van der Waals surface area contributed by atoms with E-state index in [0.29, 0.717) is 17.2 Å². The number of carbonyl (C=O) groups is 3. The van der Waals surface area contributed by atoms with Crippen LogP contribution in [0.3, 0.4) is 0 Å². The Morgan fingerprint density at radius 3 is 2.19 bits per heavy atom. The zero-order valence-corrected chi connectivity index (χ0v) is 24.3. The van der Waals surface area contributed by atoms with Crippen LogP contribution < -0.4 is 20.7 Å². The summed E-state index contributed by atoms with van der Waals surface area (Å²) in [5.41, 5.74) is 1.46. The van der Waals surface area contributed by atoms with E-state index < -0.39 is 30.0 Å². The highest BCUT2D eigenvalue weighted by Crippen LogP contribution is 2.40. The number of aliphatic carboxylic acids is 1. The highest BCUT2D eigenvalue weighted by molar-refractivity contribution is 5.94. The van der Waals surface area contributed by atoms with E-state index in [1.807, 2.05) is 0 Å². The summed E-state index contributed by atoms with van der Waals surface area (Å²) in [6.07, 6.45) is -1.84. The number of nitrogens with zero attached hydrogens (tertiary/aromatic N) is 1. The van der Waals surface area contributed by atoms with E-state index in [2.05, 4.69) is 41.5 Å². The quantitative estimate of drug-likeness (QED) is 0.251. The molecule has 0 aliphatic heterocycles. The smallest absolute Gasteiger partial charge is 0.481 e. The van der Waals surface area contributed by atoms with E-state index in [1.54, 1.807) is 36.2 Å². The molecule has 0 unspecified atom stereocenters. The third kappa shape index (κ3) is 9.56. The van der Waals surface area contributed by atoms with E-state index in [-0.39, 0.29) is 36.7 Å². The monoisotopic (exact) mass is 592 g/mol. The fraction of sp³-hybridized carbons (Fsp3) is 0.500. The fourth-order valence-electron chi connectivity index (χ4n) is 5.14. The maximum Gasteiger partial charge on any atom is 0.573 e. The number of carbonyl (C=O) groups excluding carboxylic acids is 2. The number of carboxylic acids is 1. The number of rotatable bonds is 10. The SMILES string of the molecule is CNc1ccc(NC(=O)N(Cc2ccc(C(=O)NCCC(=O)O)cc2)C2CCC(C(C)(C)C)CC2)c(OC(F)(F)F)c1. The molecule has 230 valence electrons. The minimum absolute atomic E-state index is 0.00353. The molecule has 4 N–H and O–H groups in total. The van der Waals surface area contributed by atoms with Crippen LogP contribution in [0, 0.1) is 11.3 Å². The minimum Gasteiger partial charge on any atom is -0.481 e. The molecule has 1 aliphatic carbocycles. The molecule has 1 saturated carbocycles. The van der Waals surface area contributed by atoms with Crippen molar-refractivity contribution >= 4 is 29.3 Å². The molecule has 0 aromatic heterocycles. The molecule has 1 fully saturated rings. The van der Waals surface area contributed by atoms with Gasteiger partial charge < -0.3 is 30.7 Å². The molecule has 3 rings (SSSR count). The Hall–Kier alpha value is -3.96. The zero-order valence-electron chi connectivity index (χ0n) is 24.3. The van der Waals surface area contributed by atoms with Crippen molar-refractivity contribution in [1.29, 1.82) is 0 Å². The van der Waals surface area contributed by atoms with Gasteiger partial charge in [-0.05, 0) is 66.8 Å². The van der Waals surface area contributed by atoms with Crippen LogP contribution in [-0.2, 0) is 11.3 Å². The molecule has 2 aromatic carbocycles. The molecule has 0 radical (unpaired) electrons. The number of ether oxygens (including phenoxy) is 1. The summed E-state index contributed by atoms with van der Waals surface area (Å²) < 4.78 is 43.6. The lowest BCUT2D eigenvalue weighted by Crippen LogP contribution is -2.45. The second-order valence-corrected chi connectivity index (χ2v) is 11.5. The lowest BCUT2D eigenvalue weighted by atomic mass is 9.71. The number of hydrogen-bond donors (Lipinski definition) is 4. The highest BCUT2D eigenvalue weighted by Gasteiger charge is 2.35. The van der Waals surface area contributed by atoms with Gasteiger partial charge in [0.05, 0.1) is 12.1 Å². The van der Waals surface area contributed by atoms with Crippen molar-refractivity contribution in [2.24, 2.45) is 11.3 Å². The van der Waals surface area contributed by atoms with Crippen LogP contribution in [0.2, 0.25) is 0 Å². The van der Waals surface area contributed by atoms with E-state index >= 15 is 0 Å². The largest absolute Gasteiger partial charge is 0.573 e. The molecule has 12 heteroatoms. The normalized spacial score (nSPS) is 17.2. The summed E-state index contributed by atoms with van der Waals surface area (Å²) in [5.74, 6) is -1.48. The summed E-state index contributed by atoms with van der Waals surface area (Å²) in [4.78, 5) is 38.3. The zero-order chi connectivity index (χ0) is 31.1. The Labute approximate surface area is 243 Å². The van der Waals surface area contributed by atoms with Gasteiger partial charge in [0.2, 0.25) is 0 Å². The summed E-state index contributed by atoms with van der Waals surface area (Å²) >= 11 is 0. The summed E-state index contributed by atoms with van der Waals surface area (Å²) in [5, 5.41) is 16.7. The molecule has 0 bridgehead atoms. The van der Waals surface area contributed by atoms with Crippen molar-refractivity contribution < 1.29 is 37.4 Å². The van der Waals surface area contributed by atoms with E-state index in [9.17, 15) is 27.6 Å². The average molecular weight is 593 g/mol. The van der Waals surface area contributed by atoms with Gasteiger partial charge in [-0.1, -0.05) is 32.9 Å². The second-order valence-electron chi connectivity index (χ2n) is 11.5. The van der Waals surface area contributed by atoms with Gasteiger partial charge in [-0.15, -0.1) is 13.2 Å². The van der Waals surface area contributed by atoms with Crippen molar-refractivity contribution in [3.8, 4) is 5.75 Å². The van der Waals surface area contributed by atoms with Gasteiger partial charge in [0.1, 0.15) is 0 Å². The van der Waals surface area contributed by atoms with Crippen LogP contribution in [0.15, 0.2) is 42.5 Å². The first kappa shape index (κ1) is 32.6. The van der Waals surface area contributed by atoms with Crippen LogP contribution >= 0.6 is 0 Å². The summed E-state index contributed by atoms with van der Waals surface area (Å²) in [6.45, 7) is 6.74. The Morgan fingerprint density at radius 2 is 1.64 bits per heavy atom. The van der Waals surface area contributed by atoms with Gasteiger partial charge in [-0.25, -0.2) is 4.79 Å². The van der Waals surface area contributed by atoms with Gasteiger partial charge in [0.15, 0.2) is 5.75 Å². The maximum absolute atomic E-state index is 13.7. The number of carboxylic acid groups (broad SMARTS) is 1. The molecule has 42 heavy (non-hydrogen) atoms. The van der Waals surface area contributed by atoms with Crippen molar-refractivity contribution in [2.75, 3.05) is 24.2 Å². The Kier molecular flexibility index (Phi) is 10.7. The Bertz CT molecular complexity index is 1240. The standard InChI is InChI=1S/C30H39F3N4O5/c1-29(2,3)21-9-12-23(13-10-21)37(18-19-5-7-20(8-6-19)27(40)35-16-15-26(38)39)28(41)36-24-14-11-22(34-4)17-25(24)42-30(31,32)33/h5-8,11,14,17,21,23,34H,9-10,12-13,15-16,18H2,1-4H3,(H,35,40)(H,36,41)(H,38,39). The maximum atomic E-state index is 13.7. The first-order chi connectivity index (χ1) is 19.7. The highest BCUT2D eigenvalue weighted by atomic mass is 19.4. The van der Waals surface area contributed by atoms with Gasteiger partial charge >= 0.3 is 18.4 Å². The molecule has 0 spiro atoms. The van der Waals surface area contributed by atoms with Crippen LogP contribution in [0.5, 0.6) is 5.75 Å². The number of halogens is 3. The van der Waals surface area contributed by atoms with Crippen LogP contribution in [0.4, 0.5) is 29.3 Å². The number of anilines is 2. The topological polar surface area (TPSA) is 120 Å². The predicted octanol–water partition coefficient (Wildman–Crippen LogP) is 6.47. The number of hydrogen-bond acceptors (Lipinski definition) is 5. The average Bonchev–Trinajstić information content (AvgIpc) is 2.91. The number of urea groups is 1. The van der Waals surface area contributed by atoms with Crippen LogP contribution in [0.1, 0.15) is 68.8 Å². The minimum atomic E-state index is -4.95. The molecule has 3 amide bonds. The molecular formula is C30H39F3N4O5. The van der Waals surface area contributed by atoms with E-state index in [0.717, 1.165) is 31.2 Å². The van der Waals surface area contributed by atoms with Gasteiger partial charge in [-0.2, -0.15) is 0 Å². The molecule has 9 nitrogen and oxygen atoms in total. The van der Waals surface area contributed by atoms with E-state index in [4.69, 9.17) is 5.11 Å². The lowest BCUT2D eigenvalue weighted by Gasteiger charge is -2.41. The second kappa shape index (κ2) is 13.8. The first-order valence-corrected chi connectivity index (χ1v) is 13.9. The molecule has 1 aliphatic rings. The summed E-state index contributed by atoms with van der Waals surface area (Å²) in [6, 6.07) is 9.94. The van der Waals surface area contributed by atoms with E-state index in [1.165, 1.54) is 18.2 Å². The van der Waals surface area contributed by atoms with Gasteiger partial charge in [0, 0.05) is 43.5 Å². The van der Waals surface area contributed by atoms with Crippen molar-refractivity contribution in [3.63, 3.8) is 0 Å². The van der Waals surface area contributed by atoms with Crippen LogP contribution in [-0.4, -0.2) is 53.9 Å². The molecule has 0 heterocycles. The Balaban J connectivity index is 1.82. The number of benzene rings is 2. The van der Waals surface area contributed by atoms with Crippen molar-refractivity contribution in [1.82, 2.24) is 10.2 Å². The van der Waals surface area contributed by atoms with Crippen molar-refractivity contribution in [2.45, 2.75) is 71.8 Å². The van der Waals surface area contributed by atoms with Gasteiger partial charge in [0.25, 0.3) is 5.91 Å².